The molecule has 6 heteroatoms. The van der Waals surface area contributed by atoms with E-state index in [1.165, 1.54) is 0 Å². The Bertz CT molecular complexity index is 1250. The first-order valence-electron chi connectivity index (χ1n) is 9.59. The van der Waals surface area contributed by atoms with Crippen LogP contribution in [0.2, 0.25) is 0 Å². The van der Waals surface area contributed by atoms with Gasteiger partial charge in [0.05, 0.1) is 4.90 Å². The molecule has 4 aromatic rings. The van der Waals surface area contributed by atoms with E-state index in [1.807, 2.05) is 36.4 Å². The van der Waals surface area contributed by atoms with Gasteiger partial charge < -0.3 is 4.57 Å². The number of hydrogen-bond acceptors (Lipinski definition) is 3. The van der Waals surface area contributed by atoms with E-state index in [9.17, 15) is 8.42 Å². The van der Waals surface area contributed by atoms with E-state index >= 15 is 0 Å². The number of aromatic nitrogens is 2. The highest BCUT2D eigenvalue weighted by molar-refractivity contribution is 7.89. The van der Waals surface area contributed by atoms with Gasteiger partial charge in [-0.15, -0.1) is 0 Å². The number of fused-ring (bicyclic) bond motifs is 1. The second kappa shape index (κ2) is 7.81. The van der Waals surface area contributed by atoms with E-state index in [-0.39, 0.29) is 10.8 Å². The van der Waals surface area contributed by atoms with Crippen molar-refractivity contribution in [2.24, 2.45) is 5.14 Å². The molecule has 5 nitrogen and oxygen atoms in total. The number of hydrogen-bond donors (Lipinski definition) is 1. The molecule has 0 fully saturated rings. The minimum absolute atomic E-state index is 0.0191. The van der Waals surface area contributed by atoms with Crippen molar-refractivity contribution in [1.29, 1.82) is 0 Å². The van der Waals surface area contributed by atoms with E-state index in [1.54, 1.807) is 24.5 Å². The summed E-state index contributed by atoms with van der Waals surface area (Å²) in [5, 5.41) is 6.63. The summed E-state index contributed by atoms with van der Waals surface area (Å²) in [6.45, 7) is 2.73. The highest BCUT2D eigenvalue weighted by Gasteiger charge is 2.21. The topological polar surface area (TPSA) is 78.0 Å². The molecular weight excluding hydrogens is 382 g/mol. The predicted octanol–water partition coefficient (Wildman–Crippen LogP) is 4.54. The van der Waals surface area contributed by atoms with Crippen LogP contribution in [0, 0.1) is 0 Å². The number of nitrogens with zero attached hydrogens (tertiary/aromatic N) is 2. The van der Waals surface area contributed by atoms with E-state index in [0.717, 1.165) is 34.0 Å². The van der Waals surface area contributed by atoms with Gasteiger partial charge in [0, 0.05) is 47.5 Å². The zero-order valence-electron chi connectivity index (χ0n) is 16.2. The molecular formula is C23H23N3O2S. The van der Waals surface area contributed by atoms with E-state index in [2.05, 4.69) is 34.8 Å². The zero-order chi connectivity index (χ0) is 20.4. The first-order valence-corrected chi connectivity index (χ1v) is 11.1. The normalized spacial score (nSPS) is 12.9. The van der Waals surface area contributed by atoms with Gasteiger partial charge in [-0.25, -0.2) is 13.6 Å². The fraction of sp³-hybridized carbons (Fsp3) is 0.174. The molecule has 0 aliphatic rings. The van der Waals surface area contributed by atoms with E-state index < -0.39 is 10.0 Å². The first kappa shape index (κ1) is 19.4. The number of rotatable bonds is 6. The molecule has 148 valence electrons. The van der Waals surface area contributed by atoms with Crippen LogP contribution in [0.3, 0.4) is 0 Å². The summed E-state index contributed by atoms with van der Waals surface area (Å²) in [5.74, 6) is 0.0191. The van der Waals surface area contributed by atoms with Crippen molar-refractivity contribution in [2.45, 2.75) is 30.7 Å². The molecule has 2 aromatic carbocycles. The minimum atomic E-state index is -3.78. The van der Waals surface area contributed by atoms with Crippen molar-refractivity contribution < 1.29 is 8.42 Å². The number of para-hydroxylation sites is 1. The maximum absolute atomic E-state index is 12.1. The van der Waals surface area contributed by atoms with Gasteiger partial charge in [-0.1, -0.05) is 43.3 Å². The van der Waals surface area contributed by atoms with Crippen LogP contribution in [-0.4, -0.2) is 18.0 Å². The zero-order valence-corrected chi connectivity index (χ0v) is 17.0. The first-order chi connectivity index (χ1) is 14.0. The summed E-state index contributed by atoms with van der Waals surface area (Å²) >= 11 is 0. The quantitative estimate of drug-likeness (QED) is 0.511. The largest absolute Gasteiger partial charge is 0.346 e. The van der Waals surface area contributed by atoms with Gasteiger partial charge in [0.25, 0.3) is 0 Å². The average molecular weight is 406 g/mol. The second-order valence-corrected chi connectivity index (χ2v) is 8.67. The number of nitrogens with two attached hydrogens (primary N) is 1. The number of primary sulfonamides is 1. The molecule has 0 aliphatic heterocycles. The Labute approximate surface area is 170 Å². The molecule has 1 atom stereocenters. The van der Waals surface area contributed by atoms with Gasteiger partial charge >= 0.3 is 0 Å². The average Bonchev–Trinajstić information content (AvgIpc) is 3.10. The fourth-order valence-corrected chi connectivity index (χ4v) is 4.75. The van der Waals surface area contributed by atoms with Crippen LogP contribution in [0.25, 0.3) is 22.0 Å². The van der Waals surface area contributed by atoms with Crippen LogP contribution < -0.4 is 5.14 Å². The third kappa shape index (κ3) is 3.81. The summed E-state index contributed by atoms with van der Waals surface area (Å²) < 4.78 is 26.4. The lowest BCUT2D eigenvalue weighted by Crippen LogP contribution is -2.17. The molecule has 0 unspecified atom stereocenters. The van der Waals surface area contributed by atoms with Crippen LogP contribution >= 0.6 is 0 Å². The monoisotopic (exact) mass is 405 g/mol. The van der Waals surface area contributed by atoms with Gasteiger partial charge in [-0.3, -0.25) is 4.98 Å². The van der Waals surface area contributed by atoms with Crippen molar-refractivity contribution in [2.75, 3.05) is 0 Å². The summed E-state index contributed by atoms with van der Waals surface area (Å²) in [7, 11) is -3.78. The Morgan fingerprint density at radius 1 is 1.00 bits per heavy atom. The molecule has 2 N–H and O–H groups in total. The van der Waals surface area contributed by atoms with Crippen LogP contribution in [0.15, 0.2) is 84.1 Å². The molecule has 0 spiro atoms. The van der Waals surface area contributed by atoms with Crippen molar-refractivity contribution in [3.8, 4) is 11.1 Å². The number of benzene rings is 2. The highest BCUT2D eigenvalue weighted by Crippen LogP contribution is 2.33. The van der Waals surface area contributed by atoms with Crippen LogP contribution in [0.1, 0.15) is 24.8 Å². The smallest absolute Gasteiger partial charge is 0.238 e. The van der Waals surface area contributed by atoms with Gasteiger partial charge in [0.15, 0.2) is 0 Å². The molecule has 4 rings (SSSR count). The third-order valence-electron chi connectivity index (χ3n) is 5.36. The molecule has 2 aromatic heterocycles. The van der Waals surface area contributed by atoms with E-state index in [0.29, 0.717) is 6.54 Å². The summed E-state index contributed by atoms with van der Waals surface area (Å²) in [6, 6.07) is 19.3. The van der Waals surface area contributed by atoms with Crippen LogP contribution in [-0.2, 0) is 16.6 Å². The van der Waals surface area contributed by atoms with Crippen LogP contribution in [0.4, 0.5) is 0 Å². The van der Waals surface area contributed by atoms with Crippen molar-refractivity contribution >= 4 is 20.9 Å². The van der Waals surface area contributed by atoms with Gasteiger partial charge in [0.2, 0.25) is 10.0 Å². The fourth-order valence-electron chi connectivity index (χ4n) is 3.92. The number of pyridine rings is 1. The van der Waals surface area contributed by atoms with Crippen molar-refractivity contribution in [3.05, 3.63) is 84.8 Å². The molecule has 0 radical (unpaired) electrons. The highest BCUT2D eigenvalue weighted by atomic mass is 32.2. The standard InChI is InChI=1S/C23H23N3O2S/c1-2-17(19-7-4-6-10-23(19)29(24,27)28)15-26-16-21(18-11-13-25-14-12-18)20-8-3-5-9-22(20)26/h3-14,16-17H,2,15H2,1H3,(H2,24,27,28)/t17-/m1/s1. The third-order valence-corrected chi connectivity index (χ3v) is 6.34. The predicted molar refractivity (Wildman–Crippen MR) is 116 cm³/mol. The van der Waals surface area contributed by atoms with Crippen LogP contribution in [0.5, 0.6) is 0 Å². The molecule has 29 heavy (non-hydrogen) atoms. The van der Waals surface area contributed by atoms with Crippen molar-refractivity contribution in [1.82, 2.24) is 9.55 Å². The lowest BCUT2D eigenvalue weighted by Gasteiger charge is -2.19. The molecule has 0 aliphatic carbocycles. The molecule has 0 amide bonds. The van der Waals surface area contributed by atoms with Gasteiger partial charge in [-0.05, 0) is 41.8 Å². The summed E-state index contributed by atoms with van der Waals surface area (Å²) in [5.41, 5.74) is 4.12. The Kier molecular flexibility index (Phi) is 5.22. The molecule has 0 bridgehead atoms. The Morgan fingerprint density at radius 3 is 2.41 bits per heavy atom. The SMILES string of the molecule is CC[C@H](Cn1cc(-c2ccncc2)c2ccccc21)c1ccccc1S(N)(=O)=O. The minimum Gasteiger partial charge on any atom is -0.346 e. The van der Waals surface area contributed by atoms with Gasteiger partial charge in [0.1, 0.15) is 0 Å². The molecule has 0 saturated heterocycles. The Hall–Kier alpha value is -2.96. The van der Waals surface area contributed by atoms with E-state index in [4.69, 9.17) is 5.14 Å². The molecule has 0 saturated carbocycles. The van der Waals surface area contributed by atoms with Crippen molar-refractivity contribution in [3.63, 3.8) is 0 Å². The second-order valence-electron chi connectivity index (χ2n) is 7.14. The Morgan fingerprint density at radius 2 is 1.69 bits per heavy atom. The summed E-state index contributed by atoms with van der Waals surface area (Å²) in [4.78, 5) is 4.32. The maximum Gasteiger partial charge on any atom is 0.238 e. The maximum atomic E-state index is 12.1. The lowest BCUT2D eigenvalue weighted by molar-refractivity contribution is 0.544. The Balaban J connectivity index is 1.81. The number of sulfonamides is 1. The summed E-state index contributed by atoms with van der Waals surface area (Å²) in [6.07, 6.45) is 6.52. The van der Waals surface area contributed by atoms with Gasteiger partial charge in [-0.2, -0.15) is 0 Å². The molecule has 2 heterocycles. The lowest BCUT2D eigenvalue weighted by atomic mass is 9.96.